The van der Waals surface area contributed by atoms with Crippen molar-refractivity contribution < 1.29 is 14.7 Å². The quantitative estimate of drug-likeness (QED) is 0.465. The van der Waals surface area contributed by atoms with Gasteiger partial charge in [-0.25, -0.2) is 14.6 Å². The molecule has 144 valence electrons. The lowest BCUT2D eigenvalue weighted by Crippen LogP contribution is -2.23. The fraction of sp³-hybridized carbons (Fsp3) is 0.0476. The molecule has 3 N–H and O–H groups in total. The number of hydrogen-bond donors (Lipinski definition) is 3. The molecule has 0 aliphatic carbocycles. The minimum Gasteiger partial charge on any atom is -0.477 e. The van der Waals surface area contributed by atoms with Crippen molar-refractivity contribution in [3.05, 3.63) is 82.4 Å². The van der Waals surface area contributed by atoms with Crippen LogP contribution in [0.1, 0.15) is 15.9 Å². The number of aromatic nitrogens is 2. The lowest BCUT2D eigenvalue weighted by Gasteiger charge is -2.12. The maximum absolute atomic E-state index is 12.5. The molecule has 29 heavy (non-hydrogen) atoms. The van der Waals surface area contributed by atoms with E-state index in [1.165, 1.54) is 4.40 Å². The van der Waals surface area contributed by atoms with Crippen LogP contribution in [0.3, 0.4) is 0 Å². The molecule has 0 unspecified atom stereocenters. The van der Waals surface area contributed by atoms with Crippen LogP contribution in [0.5, 0.6) is 0 Å². The zero-order chi connectivity index (χ0) is 20.5. The fourth-order valence-corrected chi connectivity index (χ4v) is 3.16. The molecule has 0 saturated heterocycles. The van der Waals surface area contributed by atoms with Crippen molar-refractivity contribution in [1.82, 2.24) is 9.38 Å². The highest BCUT2D eigenvalue weighted by Gasteiger charge is 2.15. The zero-order valence-electron chi connectivity index (χ0n) is 15.3. The molecular formula is C21H16N4O4. The molecule has 0 radical (unpaired) electrons. The first-order chi connectivity index (χ1) is 13.9. The number of fused-ring (bicyclic) bond motifs is 3. The van der Waals surface area contributed by atoms with Crippen molar-refractivity contribution >= 4 is 39.8 Å². The summed E-state index contributed by atoms with van der Waals surface area (Å²) < 4.78 is 1.22. The van der Waals surface area contributed by atoms with Gasteiger partial charge in [0.15, 0.2) is 0 Å². The number of hydrogen-bond acceptors (Lipinski definition) is 4. The minimum absolute atomic E-state index is 0.313. The number of nitrogens with one attached hydrogen (secondary N) is 2. The van der Waals surface area contributed by atoms with Crippen LogP contribution in [0.15, 0.2) is 65.7 Å². The summed E-state index contributed by atoms with van der Waals surface area (Å²) in [5, 5.41) is 16.1. The number of amides is 2. The molecule has 0 aliphatic heterocycles. The van der Waals surface area contributed by atoms with Crippen LogP contribution in [0.4, 0.5) is 16.2 Å². The van der Waals surface area contributed by atoms with Gasteiger partial charge in [-0.15, -0.1) is 0 Å². The van der Waals surface area contributed by atoms with Gasteiger partial charge < -0.3 is 15.7 Å². The standard InChI is InChI=1S/C21H16N4O4/c1-12-11-25-18(22-10-17(19(25)26)20(27)28)16-9-14(7-8-15(12)16)24-21(29)23-13-5-3-2-4-6-13/h2-11H,1H3,(H,27,28)(H2,23,24,29). The summed E-state index contributed by atoms with van der Waals surface area (Å²) in [6.07, 6.45) is 2.62. The molecule has 2 aromatic heterocycles. The second-order valence-electron chi connectivity index (χ2n) is 6.49. The Morgan fingerprint density at radius 1 is 1.00 bits per heavy atom. The zero-order valence-corrected chi connectivity index (χ0v) is 15.3. The highest BCUT2D eigenvalue weighted by Crippen LogP contribution is 2.25. The van der Waals surface area contributed by atoms with Gasteiger partial charge in [-0.05, 0) is 42.1 Å². The van der Waals surface area contributed by atoms with Gasteiger partial charge >= 0.3 is 12.0 Å². The van der Waals surface area contributed by atoms with Crippen LogP contribution in [-0.2, 0) is 0 Å². The average molecular weight is 388 g/mol. The molecule has 0 saturated carbocycles. The van der Waals surface area contributed by atoms with Gasteiger partial charge in [0.2, 0.25) is 0 Å². The summed E-state index contributed by atoms with van der Waals surface area (Å²) in [6, 6.07) is 13.9. The Bertz CT molecular complexity index is 1330. The summed E-state index contributed by atoms with van der Waals surface area (Å²) in [6.45, 7) is 1.82. The molecule has 0 bridgehead atoms. The highest BCUT2D eigenvalue weighted by molar-refractivity contribution is 6.03. The molecule has 4 rings (SSSR count). The number of urea groups is 1. The van der Waals surface area contributed by atoms with Gasteiger partial charge in [-0.2, -0.15) is 0 Å². The van der Waals surface area contributed by atoms with Crippen LogP contribution in [0, 0.1) is 6.92 Å². The molecule has 8 heteroatoms. The molecule has 4 aromatic rings. The third kappa shape index (κ3) is 3.39. The van der Waals surface area contributed by atoms with Crippen LogP contribution >= 0.6 is 0 Å². The lowest BCUT2D eigenvalue weighted by molar-refractivity contribution is 0.0694. The van der Waals surface area contributed by atoms with E-state index in [9.17, 15) is 14.4 Å². The van der Waals surface area contributed by atoms with Gasteiger partial charge in [0.25, 0.3) is 5.56 Å². The van der Waals surface area contributed by atoms with Crippen molar-refractivity contribution in [2.45, 2.75) is 6.92 Å². The second kappa shape index (κ2) is 7.08. The van der Waals surface area contributed by atoms with E-state index in [-0.39, 0.29) is 0 Å². The molecule has 2 aromatic carbocycles. The van der Waals surface area contributed by atoms with Gasteiger partial charge in [-0.1, -0.05) is 24.3 Å². The molecule has 8 nitrogen and oxygen atoms in total. The van der Waals surface area contributed by atoms with E-state index in [0.717, 1.165) is 17.1 Å². The van der Waals surface area contributed by atoms with Crippen LogP contribution < -0.4 is 16.2 Å². The Labute approximate surface area is 164 Å². The van der Waals surface area contributed by atoms with E-state index in [1.54, 1.807) is 30.5 Å². The number of carboxylic acid groups (broad SMARTS) is 1. The number of carbonyl (C=O) groups is 2. The topological polar surface area (TPSA) is 113 Å². The molecule has 2 heterocycles. The van der Waals surface area contributed by atoms with Crippen LogP contribution in [0.2, 0.25) is 0 Å². The monoisotopic (exact) mass is 388 g/mol. The van der Waals surface area contributed by atoms with Gasteiger partial charge in [0, 0.05) is 29.2 Å². The number of nitrogens with zero attached hydrogens (tertiary/aromatic N) is 2. The molecule has 2 amide bonds. The number of aromatic carboxylic acids is 1. The van der Waals surface area contributed by atoms with E-state index >= 15 is 0 Å². The summed E-state index contributed by atoms with van der Waals surface area (Å²) in [4.78, 5) is 40.2. The maximum atomic E-state index is 12.5. The summed E-state index contributed by atoms with van der Waals surface area (Å²) in [7, 11) is 0. The highest BCUT2D eigenvalue weighted by atomic mass is 16.4. The van der Waals surface area contributed by atoms with Crippen molar-refractivity contribution in [2.75, 3.05) is 10.6 Å². The van der Waals surface area contributed by atoms with E-state index < -0.39 is 23.1 Å². The Balaban J connectivity index is 1.77. The number of rotatable bonds is 3. The summed E-state index contributed by atoms with van der Waals surface area (Å²) in [5.41, 5.74) is 1.19. The number of carbonyl (C=O) groups excluding carboxylic acids is 1. The Morgan fingerprint density at radius 2 is 1.72 bits per heavy atom. The predicted octanol–water partition coefficient (Wildman–Crippen LogP) is 3.50. The Kier molecular flexibility index (Phi) is 4.44. The molecule has 0 atom stereocenters. The lowest BCUT2D eigenvalue weighted by atomic mass is 10.1. The molecular weight excluding hydrogens is 372 g/mol. The third-order valence-corrected chi connectivity index (χ3v) is 4.52. The minimum atomic E-state index is -1.33. The number of benzene rings is 2. The van der Waals surface area contributed by atoms with E-state index in [1.807, 2.05) is 31.2 Å². The van der Waals surface area contributed by atoms with Crippen molar-refractivity contribution in [1.29, 1.82) is 0 Å². The number of para-hydroxylation sites is 1. The van der Waals surface area contributed by atoms with Gasteiger partial charge in [0.1, 0.15) is 11.2 Å². The SMILES string of the molecule is Cc1cn2c(=O)c(C(=O)O)cnc2c2cc(NC(=O)Nc3ccccc3)ccc12. The molecule has 0 aliphatic rings. The first-order valence-corrected chi connectivity index (χ1v) is 8.75. The van der Waals surface area contributed by atoms with Gasteiger partial charge in [0.05, 0.1) is 0 Å². The number of carboxylic acids is 1. The maximum Gasteiger partial charge on any atom is 0.342 e. The van der Waals surface area contributed by atoms with E-state index in [0.29, 0.717) is 22.4 Å². The predicted molar refractivity (Wildman–Crippen MR) is 110 cm³/mol. The number of pyridine rings is 1. The fourth-order valence-electron chi connectivity index (χ4n) is 3.16. The average Bonchev–Trinajstić information content (AvgIpc) is 2.69. The Hall–Kier alpha value is -4.20. The van der Waals surface area contributed by atoms with Crippen LogP contribution in [-0.4, -0.2) is 26.5 Å². The number of anilines is 2. The smallest absolute Gasteiger partial charge is 0.342 e. The van der Waals surface area contributed by atoms with Crippen molar-refractivity contribution in [3.63, 3.8) is 0 Å². The van der Waals surface area contributed by atoms with E-state index in [2.05, 4.69) is 15.6 Å². The first kappa shape index (κ1) is 18.2. The first-order valence-electron chi connectivity index (χ1n) is 8.75. The number of aryl methyl sites for hydroxylation is 1. The van der Waals surface area contributed by atoms with Gasteiger partial charge in [-0.3, -0.25) is 9.20 Å². The largest absolute Gasteiger partial charge is 0.477 e. The third-order valence-electron chi connectivity index (χ3n) is 4.52. The summed E-state index contributed by atoms with van der Waals surface area (Å²) in [5.74, 6) is -1.33. The Morgan fingerprint density at radius 3 is 2.45 bits per heavy atom. The van der Waals surface area contributed by atoms with Crippen molar-refractivity contribution in [3.8, 4) is 0 Å². The normalized spacial score (nSPS) is 10.8. The van der Waals surface area contributed by atoms with Crippen LogP contribution in [0.25, 0.3) is 16.4 Å². The molecule has 0 spiro atoms. The second-order valence-corrected chi connectivity index (χ2v) is 6.49. The summed E-state index contributed by atoms with van der Waals surface area (Å²) >= 11 is 0. The van der Waals surface area contributed by atoms with Crippen molar-refractivity contribution in [2.24, 2.45) is 0 Å². The van der Waals surface area contributed by atoms with E-state index in [4.69, 9.17) is 5.11 Å². The molecule has 0 fully saturated rings.